The van der Waals surface area contributed by atoms with Crippen LogP contribution in [0, 0.1) is 13.8 Å². The summed E-state index contributed by atoms with van der Waals surface area (Å²) in [5.74, 6) is 0.527. The maximum absolute atomic E-state index is 12.4. The van der Waals surface area contributed by atoms with Crippen molar-refractivity contribution in [2.24, 2.45) is 0 Å². The molecule has 0 saturated carbocycles. The highest BCUT2D eigenvalue weighted by atomic mass is 35.5. The van der Waals surface area contributed by atoms with E-state index in [-0.39, 0.29) is 5.91 Å². The minimum Gasteiger partial charge on any atom is -0.481 e. The Morgan fingerprint density at radius 2 is 2.00 bits per heavy atom. The number of rotatable bonds is 5. The molecular formula is C18H20ClNO2. The fraction of sp³-hybridized carbons (Fsp3) is 0.278. The molecule has 0 aliphatic carbocycles. The predicted octanol–water partition coefficient (Wildman–Crippen LogP) is 4.75. The number of halogens is 1. The third kappa shape index (κ3) is 4.25. The van der Waals surface area contributed by atoms with E-state index >= 15 is 0 Å². The van der Waals surface area contributed by atoms with Gasteiger partial charge in [0.2, 0.25) is 0 Å². The Hall–Kier alpha value is -2.00. The number of hydrogen-bond acceptors (Lipinski definition) is 2. The van der Waals surface area contributed by atoms with E-state index in [0.29, 0.717) is 22.9 Å². The Morgan fingerprint density at radius 3 is 2.68 bits per heavy atom. The zero-order valence-electron chi connectivity index (χ0n) is 13.0. The van der Waals surface area contributed by atoms with Crippen molar-refractivity contribution in [2.75, 3.05) is 5.32 Å². The van der Waals surface area contributed by atoms with Crippen molar-refractivity contribution in [1.29, 1.82) is 0 Å². The summed E-state index contributed by atoms with van der Waals surface area (Å²) in [6, 6.07) is 13.1. The van der Waals surface area contributed by atoms with Crippen LogP contribution in [-0.4, -0.2) is 12.0 Å². The monoisotopic (exact) mass is 317 g/mol. The molecule has 1 atom stereocenters. The highest BCUT2D eigenvalue weighted by Crippen LogP contribution is 2.21. The van der Waals surface area contributed by atoms with Gasteiger partial charge in [0.1, 0.15) is 5.75 Å². The molecule has 116 valence electrons. The molecule has 0 unspecified atom stereocenters. The lowest BCUT2D eigenvalue weighted by Crippen LogP contribution is -2.32. The zero-order valence-corrected chi connectivity index (χ0v) is 13.8. The van der Waals surface area contributed by atoms with Gasteiger partial charge in [-0.25, -0.2) is 0 Å². The summed E-state index contributed by atoms with van der Waals surface area (Å²) in [5, 5.41) is 3.48. The molecule has 0 saturated heterocycles. The van der Waals surface area contributed by atoms with Crippen molar-refractivity contribution in [2.45, 2.75) is 33.3 Å². The average Bonchev–Trinajstić information content (AvgIpc) is 2.48. The zero-order chi connectivity index (χ0) is 16.1. The molecule has 2 aromatic rings. The van der Waals surface area contributed by atoms with Gasteiger partial charge in [-0.1, -0.05) is 36.7 Å². The maximum atomic E-state index is 12.4. The van der Waals surface area contributed by atoms with Crippen LogP contribution in [0.2, 0.25) is 5.02 Å². The lowest BCUT2D eigenvalue weighted by Gasteiger charge is -2.18. The van der Waals surface area contributed by atoms with Gasteiger partial charge in [0, 0.05) is 10.7 Å². The number of amides is 1. The first-order valence-corrected chi connectivity index (χ1v) is 7.67. The third-order valence-corrected chi connectivity index (χ3v) is 3.62. The van der Waals surface area contributed by atoms with Crippen LogP contribution in [0.25, 0.3) is 0 Å². The van der Waals surface area contributed by atoms with Crippen LogP contribution in [0.5, 0.6) is 5.75 Å². The van der Waals surface area contributed by atoms with Crippen molar-refractivity contribution in [3.8, 4) is 5.75 Å². The maximum Gasteiger partial charge on any atom is 0.265 e. The number of ether oxygens (including phenoxy) is 1. The second-order valence-electron chi connectivity index (χ2n) is 5.28. The van der Waals surface area contributed by atoms with E-state index in [9.17, 15) is 4.79 Å². The Kier molecular flexibility index (Phi) is 5.45. The quantitative estimate of drug-likeness (QED) is 0.864. The summed E-state index contributed by atoms with van der Waals surface area (Å²) < 4.78 is 5.80. The van der Waals surface area contributed by atoms with Crippen molar-refractivity contribution in [3.63, 3.8) is 0 Å². The molecule has 2 aromatic carbocycles. The summed E-state index contributed by atoms with van der Waals surface area (Å²) in [4.78, 5) is 12.4. The van der Waals surface area contributed by atoms with Gasteiger partial charge in [-0.2, -0.15) is 0 Å². The summed E-state index contributed by atoms with van der Waals surface area (Å²) in [5.41, 5.74) is 2.77. The van der Waals surface area contributed by atoms with Crippen molar-refractivity contribution in [3.05, 3.63) is 58.6 Å². The summed E-state index contributed by atoms with van der Waals surface area (Å²) in [7, 11) is 0. The Labute approximate surface area is 136 Å². The van der Waals surface area contributed by atoms with Crippen LogP contribution in [0.1, 0.15) is 24.5 Å². The van der Waals surface area contributed by atoms with Crippen LogP contribution in [0.4, 0.5) is 5.69 Å². The normalized spacial score (nSPS) is 11.8. The molecule has 22 heavy (non-hydrogen) atoms. The Bertz CT molecular complexity index is 670. The molecule has 0 bridgehead atoms. The average molecular weight is 318 g/mol. The highest BCUT2D eigenvalue weighted by molar-refractivity contribution is 6.31. The molecule has 3 nitrogen and oxygen atoms in total. The standard InChI is InChI=1S/C18H20ClNO2/c1-4-17(22-15-7-5-6-12(2)10-15)18(21)20-16-11-14(19)9-8-13(16)3/h5-11,17H,4H2,1-3H3,(H,20,21)/t17-/m0/s1. The van der Waals surface area contributed by atoms with E-state index in [0.717, 1.165) is 11.1 Å². The van der Waals surface area contributed by atoms with Crippen LogP contribution in [-0.2, 0) is 4.79 Å². The fourth-order valence-corrected chi connectivity index (χ4v) is 2.29. The first kappa shape index (κ1) is 16.4. The van der Waals surface area contributed by atoms with Gasteiger partial charge < -0.3 is 10.1 Å². The van der Waals surface area contributed by atoms with Crippen LogP contribution < -0.4 is 10.1 Å². The van der Waals surface area contributed by atoms with E-state index in [2.05, 4.69) is 5.32 Å². The van der Waals surface area contributed by atoms with Gasteiger partial charge in [-0.15, -0.1) is 0 Å². The summed E-state index contributed by atoms with van der Waals surface area (Å²) in [6.07, 6.45) is 0.0412. The minimum absolute atomic E-state index is 0.172. The molecule has 4 heteroatoms. The van der Waals surface area contributed by atoms with E-state index in [1.807, 2.05) is 51.1 Å². The molecule has 0 heterocycles. The number of anilines is 1. The third-order valence-electron chi connectivity index (χ3n) is 3.39. The molecule has 0 aliphatic rings. The molecule has 0 radical (unpaired) electrons. The largest absolute Gasteiger partial charge is 0.481 e. The number of nitrogens with one attached hydrogen (secondary N) is 1. The molecule has 2 rings (SSSR count). The summed E-state index contributed by atoms with van der Waals surface area (Å²) >= 11 is 5.98. The molecule has 1 amide bonds. The molecule has 0 aliphatic heterocycles. The number of benzene rings is 2. The van der Waals surface area contributed by atoms with E-state index in [4.69, 9.17) is 16.3 Å². The van der Waals surface area contributed by atoms with Gasteiger partial charge in [0.25, 0.3) is 5.91 Å². The van der Waals surface area contributed by atoms with Gasteiger partial charge in [-0.05, 0) is 55.7 Å². The van der Waals surface area contributed by atoms with Crippen molar-refractivity contribution in [1.82, 2.24) is 0 Å². The van der Waals surface area contributed by atoms with Crippen LogP contribution >= 0.6 is 11.6 Å². The Morgan fingerprint density at radius 1 is 1.23 bits per heavy atom. The van der Waals surface area contributed by atoms with E-state index in [1.165, 1.54) is 0 Å². The topological polar surface area (TPSA) is 38.3 Å². The van der Waals surface area contributed by atoms with E-state index in [1.54, 1.807) is 12.1 Å². The smallest absolute Gasteiger partial charge is 0.265 e. The van der Waals surface area contributed by atoms with Gasteiger partial charge in [0.05, 0.1) is 0 Å². The van der Waals surface area contributed by atoms with Crippen LogP contribution in [0.15, 0.2) is 42.5 Å². The van der Waals surface area contributed by atoms with Gasteiger partial charge >= 0.3 is 0 Å². The number of hydrogen-bond donors (Lipinski definition) is 1. The van der Waals surface area contributed by atoms with Gasteiger partial charge in [0.15, 0.2) is 6.10 Å². The SMILES string of the molecule is CC[C@H](Oc1cccc(C)c1)C(=O)Nc1cc(Cl)ccc1C. The minimum atomic E-state index is -0.541. The second-order valence-corrected chi connectivity index (χ2v) is 5.72. The lowest BCUT2D eigenvalue weighted by molar-refractivity contribution is -0.122. The van der Waals surface area contributed by atoms with Crippen LogP contribution in [0.3, 0.4) is 0 Å². The number of carbonyl (C=O) groups excluding carboxylic acids is 1. The molecule has 0 aromatic heterocycles. The first-order valence-electron chi connectivity index (χ1n) is 7.30. The number of aryl methyl sites for hydroxylation is 2. The highest BCUT2D eigenvalue weighted by Gasteiger charge is 2.19. The first-order chi connectivity index (χ1) is 10.5. The molecule has 1 N–H and O–H groups in total. The molecule has 0 fully saturated rings. The van der Waals surface area contributed by atoms with Gasteiger partial charge in [-0.3, -0.25) is 4.79 Å². The molecular weight excluding hydrogens is 298 g/mol. The predicted molar refractivity (Wildman–Crippen MR) is 90.7 cm³/mol. The van der Waals surface area contributed by atoms with E-state index < -0.39 is 6.10 Å². The second kappa shape index (κ2) is 7.32. The Balaban J connectivity index is 2.10. The van der Waals surface area contributed by atoms with Crippen molar-refractivity contribution >= 4 is 23.2 Å². The lowest BCUT2D eigenvalue weighted by atomic mass is 10.2. The number of carbonyl (C=O) groups is 1. The van der Waals surface area contributed by atoms with Crippen molar-refractivity contribution < 1.29 is 9.53 Å². The fourth-order valence-electron chi connectivity index (χ4n) is 2.12. The molecule has 0 spiro atoms. The summed E-state index contributed by atoms with van der Waals surface area (Å²) in [6.45, 7) is 5.84.